The lowest BCUT2D eigenvalue weighted by atomic mass is 9.93. The van der Waals surface area contributed by atoms with Crippen molar-refractivity contribution in [3.05, 3.63) is 58.3 Å². The molecule has 0 aliphatic rings. The Hall–Kier alpha value is -1.12. The Balaban J connectivity index is 2.02. The van der Waals surface area contributed by atoms with E-state index < -0.39 is 0 Å². The van der Waals surface area contributed by atoms with Gasteiger partial charge in [-0.1, -0.05) is 43.3 Å². The van der Waals surface area contributed by atoms with Gasteiger partial charge in [0.2, 0.25) is 0 Å². The van der Waals surface area contributed by atoms with Gasteiger partial charge in [-0.25, -0.2) is 0 Å². The van der Waals surface area contributed by atoms with Crippen LogP contribution in [0.25, 0.3) is 0 Å². The van der Waals surface area contributed by atoms with Crippen LogP contribution < -0.4 is 0 Å². The first-order chi connectivity index (χ1) is 7.77. The third-order valence-electron chi connectivity index (χ3n) is 2.89. The van der Waals surface area contributed by atoms with E-state index in [0.29, 0.717) is 0 Å². The van der Waals surface area contributed by atoms with Crippen molar-refractivity contribution >= 4 is 11.3 Å². The molecule has 0 amide bonds. The van der Waals surface area contributed by atoms with Gasteiger partial charge < -0.3 is 5.11 Å². The zero-order chi connectivity index (χ0) is 11.4. The Morgan fingerprint density at radius 1 is 1.12 bits per heavy atom. The number of hydrogen-bond acceptors (Lipinski definition) is 2. The molecule has 1 aromatic heterocycles. The quantitative estimate of drug-likeness (QED) is 0.856. The molecular weight excluding hydrogens is 216 g/mol. The first kappa shape index (κ1) is 11.4. The summed E-state index contributed by atoms with van der Waals surface area (Å²) in [5.74, 6) is 0.184. The molecule has 2 atom stereocenters. The topological polar surface area (TPSA) is 20.2 Å². The minimum Gasteiger partial charge on any atom is -0.392 e. The van der Waals surface area contributed by atoms with E-state index >= 15 is 0 Å². The Labute approximate surface area is 100 Å². The Kier molecular flexibility index (Phi) is 3.75. The lowest BCUT2D eigenvalue weighted by Crippen LogP contribution is -2.18. The van der Waals surface area contributed by atoms with Crippen molar-refractivity contribution in [2.75, 3.05) is 0 Å². The highest BCUT2D eigenvalue weighted by molar-refractivity contribution is 7.09. The van der Waals surface area contributed by atoms with Gasteiger partial charge in [0.25, 0.3) is 0 Å². The van der Waals surface area contributed by atoms with E-state index in [1.54, 1.807) is 11.3 Å². The van der Waals surface area contributed by atoms with Crippen molar-refractivity contribution in [1.82, 2.24) is 0 Å². The summed E-state index contributed by atoms with van der Waals surface area (Å²) in [7, 11) is 0. The molecule has 0 saturated carbocycles. The molecule has 2 aromatic rings. The van der Waals surface area contributed by atoms with Crippen molar-refractivity contribution in [3.63, 3.8) is 0 Å². The second-order valence-electron chi connectivity index (χ2n) is 4.05. The summed E-state index contributed by atoms with van der Waals surface area (Å²) in [5.41, 5.74) is 1.20. The monoisotopic (exact) mass is 232 g/mol. The number of rotatable bonds is 4. The third-order valence-corrected chi connectivity index (χ3v) is 3.79. The number of benzene rings is 1. The van der Waals surface area contributed by atoms with E-state index in [-0.39, 0.29) is 12.0 Å². The second kappa shape index (κ2) is 5.28. The number of aliphatic hydroxyl groups excluding tert-OH is 1. The van der Waals surface area contributed by atoms with Crippen LogP contribution in [0.5, 0.6) is 0 Å². The fourth-order valence-corrected chi connectivity index (χ4v) is 2.55. The van der Waals surface area contributed by atoms with Gasteiger partial charge in [-0.2, -0.15) is 0 Å². The molecule has 1 N–H and O–H groups in total. The lowest BCUT2D eigenvalue weighted by molar-refractivity contribution is 0.150. The zero-order valence-electron chi connectivity index (χ0n) is 9.34. The zero-order valence-corrected chi connectivity index (χ0v) is 10.2. The maximum Gasteiger partial charge on any atom is 0.0654 e. The van der Waals surface area contributed by atoms with E-state index in [2.05, 4.69) is 30.5 Å². The van der Waals surface area contributed by atoms with Crippen LogP contribution in [0, 0.1) is 0 Å². The van der Waals surface area contributed by atoms with Gasteiger partial charge in [-0.3, -0.25) is 0 Å². The van der Waals surface area contributed by atoms with Gasteiger partial charge >= 0.3 is 0 Å². The largest absolute Gasteiger partial charge is 0.392 e. The molecule has 0 fully saturated rings. The molecule has 0 saturated heterocycles. The number of thiophene rings is 1. The van der Waals surface area contributed by atoms with Gasteiger partial charge in [0, 0.05) is 17.2 Å². The lowest BCUT2D eigenvalue weighted by Gasteiger charge is -2.18. The first-order valence-corrected chi connectivity index (χ1v) is 6.40. The predicted octanol–water partition coefficient (Wildman–Crippen LogP) is 3.46. The van der Waals surface area contributed by atoms with Crippen molar-refractivity contribution in [2.24, 2.45) is 0 Å². The summed E-state index contributed by atoms with van der Waals surface area (Å²) < 4.78 is 0. The van der Waals surface area contributed by atoms with Crippen LogP contribution in [-0.4, -0.2) is 11.2 Å². The standard InChI is InChI=1S/C14H16OS/c1-11(12-6-3-2-4-7-12)14(15)10-13-8-5-9-16-13/h2-9,11,14-15H,10H2,1H3. The molecule has 2 heteroatoms. The summed E-state index contributed by atoms with van der Waals surface area (Å²) >= 11 is 1.70. The maximum atomic E-state index is 10.1. The van der Waals surface area contributed by atoms with Crippen molar-refractivity contribution in [1.29, 1.82) is 0 Å². The molecule has 1 aromatic carbocycles. The third kappa shape index (κ3) is 2.71. The van der Waals surface area contributed by atoms with E-state index in [1.807, 2.05) is 24.3 Å². The molecule has 0 spiro atoms. The number of hydrogen-bond donors (Lipinski definition) is 1. The molecule has 16 heavy (non-hydrogen) atoms. The fourth-order valence-electron chi connectivity index (χ4n) is 1.79. The molecule has 2 unspecified atom stereocenters. The fraction of sp³-hybridized carbons (Fsp3) is 0.286. The van der Waals surface area contributed by atoms with E-state index in [9.17, 15) is 5.11 Å². The van der Waals surface area contributed by atoms with E-state index in [0.717, 1.165) is 6.42 Å². The van der Waals surface area contributed by atoms with Crippen LogP contribution in [-0.2, 0) is 6.42 Å². The average Bonchev–Trinajstić information content (AvgIpc) is 2.82. The molecule has 0 aliphatic heterocycles. The van der Waals surface area contributed by atoms with Crippen LogP contribution in [0.4, 0.5) is 0 Å². The minimum absolute atomic E-state index is 0.184. The van der Waals surface area contributed by atoms with Crippen molar-refractivity contribution in [2.45, 2.75) is 25.4 Å². The van der Waals surface area contributed by atoms with Crippen LogP contribution >= 0.6 is 11.3 Å². The van der Waals surface area contributed by atoms with Gasteiger partial charge in [0.05, 0.1) is 6.10 Å². The van der Waals surface area contributed by atoms with Crippen molar-refractivity contribution < 1.29 is 5.11 Å². The average molecular weight is 232 g/mol. The van der Waals surface area contributed by atoms with Gasteiger partial charge in [0.1, 0.15) is 0 Å². The molecule has 0 radical (unpaired) electrons. The van der Waals surface area contributed by atoms with Gasteiger partial charge in [-0.15, -0.1) is 11.3 Å². The molecule has 0 aliphatic carbocycles. The van der Waals surface area contributed by atoms with Gasteiger partial charge in [0.15, 0.2) is 0 Å². The molecule has 2 rings (SSSR count). The summed E-state index contributed by atoms with van der Waals surface area (Å²) in [5, 5.41) is 12.2. The van der Waals surface area contributed by atoms with E-state index in [1.165, 1.54) is 10.4 Å². The Morgan fingerprint density at radius 3 is 2.50 bits per heavy atom. The summed E-state index contributed by atoms with van der Waals surface area (Å²) in [6.45, 7) is 2.08. The van der Waals surface area contributed by atoms with Crippen LogP contribution in [0.1, 0.15) is 23.3 Å². The first-order valence-electron chi connectivity index (χ1n) is 5.53. The predicted molar refractivity (Wildman–Crippen MR) is 68.9 cm³/mol. The maximum absolute atomic E-state index is 10.1. The highest BCUT2D eigenvalue weighted by Crippen LogP contribution is 2.23. The van der Waals surface area contributed by atoms with Gasteiger partial charge in [-0.05, 0) is 17.0 Å². The summed E-state index contributed by atoms with van der Waals surface area (Å²) in [6.07, 6.45) is 0.439. The molecule has 1 heterocycles. The summed E-state index contributed by atoms with van der Waals surface area (Å²) in [4.78, 5) is 1.25. The van der Waals surface area contributed by atoms with Crippen LogP contribution in [0.2, 0.25) is 0 Å². The molecular formula is C14H16OS. The Morgan fingerprint density at radius 2 is 1.88 bits per heavy atom. The minimum atomic E-state index is -0.305. The molecule has 1 nitrogen and oxygen atoms in total. The van der Waals surface area contributed by atoms with Crippen molar-refractivity contribution in [3.8, 4) is 0 Å². The number of aliphatic hydroxyl groups is 1. The smallest absolute Gasteiger partial charge is 0.0654 e. The summed E-state index contributed by atoms with van der Waals surface area (Å²) in [6, 6.07) is 14.3. The van der Waals surface area contributed by atoms with Crippen LogP contribution in [0.3, 0.4) is 0 Å². The van der Waals surface area contributed by atoms with Crippen LogP contribution in [0.15, 0.2) is 47.8 Å². The molecule has 84 valence electrons. The molecule has 0 bridgehead atoms. The van der Waals surface area contributed by atoms with E-state index in [4.69, 9.17) is 0 Å². The SMILES string of the molecule is CC(c1ccccc1)C(O)Cc1cccs1. The highest BCUT2D eigenvalue weighted by Gasteiger charge is 2.16. The Bertz CT molecular complexity index is 408. The second-order valence-corrected chi connectivity index (χ2v) is 5.08. The normalized spacial score (nSPS) is 14.6. The highest BCUT2D eigenvalue weighted by atomic mass is 32.1.